The summed E-state index contributed by atoms with van der Waals surface area (Å²) >= 11 is 0. The Kier molecular flexibility index (Phi) is 14.2. The lowest BCUT2D eigenvalue weighted by Gasteiger charge is -2.40. The molecule has 1 aromatic heterocycles. The van der Waals surface area contributed by atoms with E-state index in [-0.39, 0.29) is 35.9 Å². The van der Waals surface area contributed by atoms with Gasteiger partial charge in [0.15, 0.2) is 0 Å². The molecule has 0 spiro atoms. The van der Waals surface area contributed by atoms with Gasteiger partial charge in [-0.05, 0) is 68.3 Å². The molecule has 4 N–H and O–H groups in total. The van der Waals surface area contributed by atoms with Crippen LogP contribution in [0, 0.1) is 17.3 Å². The summed E-state index contributed by atoms with van der Waals surface area (Å²) in [6.45, 7) is 9.30. The number of hydrogen-bond donors (Lipinski definition) is 4. The van der Waals surface area contributed by atoms with Crippen molar-refractivity contribution in [2.75, 3.05) is 0 Å². The molecule has 0 bridgehead atoms. The summed E-state index contributed by atoms with van der Waals surface area (Å²) in [6, 6.07) is 4.83. The lowest BCUT2D eigenvalue weighted by molar-refractivity contribution is -0.147. The highest BCUT2D eigenvalue weighted by molar-refractivity contribution is 6.38. The van der Waals surface area contributed by atoms with Crippen LogP contribution in [0.1, 0.15) is 134 Å². The van der Waals surface area contributed by atoms with Crippen molar-refractivity contribution >= 4 is 35.3 Å². The van der Waals surface area contributed by atoms with E-state index in [0.717, 1.165) is 63.4 Å². The zero-order chi connectivity index (χ0) is 39.7. The Labute approximate surface area is 325 Å². The summed E-state index contributed by atoms with van der Waals surface area (Å²) in [4.78, 5) is 93.3. The van der Waals surface area contributed by atoms with Crippen LogP contribution in [0.15, 0.2) is 48.9 Å². The number of likely N-dealkylation sites (tertiary alicyclic amines) is 1. The van der Waals surface area contributed by atoms with Gasteiger partial charge in [-0.1, -0.05) is 96.6 Å². The molecular formula is C42H59N7O6. The third-order valence-corrected chi connectivity index (χ3v) is 11.6. The zero-order valence-corrected chi connectivity index (χ0v) is 33.0. The molecule has 1 aromatic carbocycles. The summed E-state index contributed by atoms with van der Waals surface area (Å²) < 4.78 is 0. The van der Waals surface area contributed by atoms with Crippen molar-refractivity contribution in [2.45, 2.75) is 148 Å². The van der Waals surface area contributed by atoms with Crippen LogP contribution in [0.5, 0.6) is 0 Å². The first-order valence-electron chi connectivity index (χ1n) is 20.2. The van der Waals surface area contributed by atoms with Crippen LogP contribution in [0.4, 0.5) is 0 Å². The maximum Gasteiger partial charge on any atom is 0.290 e. The molecule has 2 saturated carbocycles. The van der Waals surface area contributed by atoms with Crippen LogP contribution in [0.3, 0.4) is 0 Å². The monoisotopic (exact) mass is 757 g/mol. The molecule has 5 rings (SSSR count). The number of rotatable bonds is 14. The van der Waals surface area contributed by atoms with Gasteiger partial charge in [0.25, 0.3) is 11.8 Å². The van der Waals surface area contributed by atoms with Gasteiger partial charge in [0.05, 0.1) is 18.3 Å². The molecule has 1 unspecified atom stereocenters. The zero-order valence-electron chi connectivity index (χ0n) is 33.0. The van der Waals surface area contributed by atoms with E-state index in [1.165, 1.54) is 18.6 Å². The van der Waals surface area contributed by atoms with Crippen molar-refractivity contribution in [3.8, 4) is 0 Å². The Morgan fingerprint density at radius 2 is 1.55 bits per heavy atom. The fraction of sp³-hybridized carbons (Fsp3) is 0.619. The van der Waals surface area contributed by atoms with Crippen LogP contribution in [0.2, 0.25) is 0 Å². The number of carbonyl (C=O) groups is 6. The fourth-order valence-corrected chi connectivity index (χ4v) is 8.61. The van der Waals surface area contributed by atoms with Crippen LogP contribution >= 0.6 is 0 Å². The largest absolute Gasteiger partial charge is 0.344 e. The average molecular weight is 758 g/mol. The van der Waals surface area contributed by atoms with E-state index in [1.807, 2.05) is 58.0 Å². The SMILES string of the molecule is CCCC(NC(=O)[C@@H]1C[C@@H]2CCCC[C@@H]2N1C(=O)[C@@H](NC(=O)[C@@H](NC(=O)c1cnccn1)C1CCCCC1)C(C)(C)C)C(=O)C(=O)N[C@@H](C)c1ccccc1. The predicted molar refractivity (Wildman–Crippen MR) is 207 cm³/mol. The smallest absolute Gasteiger partial charge is 0.290 e. The van der Waals surface area contributed by atoms with Gasteiger partial charge in [0.1, 0.15) is 23.8 Å². The van der Waals surface area contributed by atoms with Gasteiger partial charge in [0, 0.05) is 18.4 Å². The van der Waals surface area contributed by atoms with Crippen molar-refractivity contribution < 1.29 is 28.8 Å². The van der Waals surface area contributed by atoms with Crippen molar-refractivity contribution in [1.29, 1.82) is 0 Å². The third-order valence-electron chi connectivity index (χ3n) is 11.6. The number of nitrogens with one attached hydrogen (secondary N) is 4. The minimum Gasteiger partial charge on any atom is -0.344 e. The number of aromatic nitrogens is 2. The van der Waals surface area contributed by atoms with Crippen molar-refractivity contribution in [3.05, 3.63) is 60.2 Å². The Morgan fingerprint density at radius 1 is 0.855 bits per heavy atom. The quantitative estimate of drug-likeness (QED) is 0.202. The number of carbonyl (C=O) groups excluding carboxylic acids is 6. The lowest BCUT2D eigenvalue weighted by atomic mass is 9.81. The van der Waals surface area contributed by atoms with Gasteiger partial charge in [0.2, 0.25) is 23.5 Å². The van der Waals surface area contributed by atoms with E-state index < -0.39 is 65.0 Å². The molecule has 5 amide bonds. The molecule has 1 aliphatic heterocycles. The van der Waals surface area contributed by atoms with E-state index in [4.69, 9.17) is 0 Å². The molecule has 2 heterocycles. The van der Waals surface area contributed by atoms with E-state index >= 15 is 0 Å². The standard InChI is InChI=1S/C42H59N7O6/c1-6-15-30(35(50)40(54)45-26(2)27-16-9-7-10-17-27)46-38(52)33-24-29-20-13-14-21-32(29)49(33)41(55)36(42(3,4)5)48-39(53)34(28-18-11-8-12-19-28)47-37(51)31-25-43-22-23-44-31/h7,9-10,16-17,22-23,25-26,28-30,32-34,36H,6,8,11-15,18-21,24H2,1-5H3,(H,45,54)(H,46,52)(H,47,51)(H,48,53)/t26-,29-,30?,32-,33-,34-,36+/m0/s1. The number of ketones is 1. The number of Topliss-reactive ketones (excluding diaryl/α,β-unsaturated/α-hetero) is 1. The second kappa shape index (κ2) is 18.8. The van der Waals surface area contributed by atoms with Crippen molar-refractivity contribution in [3.63, 3.8) is 0 Å². The van der Waals surface area contributed by atoms with Crippen molar-refractivity contribution in [1.82, 2.24) is 36.1 Å². The van der Waals surface area contributed by atoms with Gasteiger partial charge < -0.3 is 26.2 Å². The molecule has 3 aliphatic rings. The highest BCUT2D eigenvalue weighted by Gasteiger charge is 2.51. The highest BCUT2D eigenvalue weighted by Crippen LogP contribution is 2.41. The highest BCUT2D eigenvalue weighted by atomic mass is 16.2. The second-order valence-electron chi connectivity index (χ2n) is 16.7. The Balaban J connectivity index is 1.36. The summed E-state index contributed by atoms with van der Waals surface area (Å²) in [5, 5.41) is 11.6. The molecule has 2 aliphatic carbocycles. The minimum absolute atomic E-state index is 0.0846. The van der Waals surface area contributed by atoms with Gasteiger partial charge in [-0.25, -0.2) is 4.98 Å². The fourth-order valence-electron chi connectivity index (χ4n) is 8.61. The number of nitrogens with zero attached hydrogens (tertiary/aromatic N) is 3. The predicted octanol–water partition coefficient (Wildman–Crippen LogP) is 4.58. The summed E-state index contributed by atoms with van der Waals surface area (Å²) in [7, 11) is 0. The third kappa shape index (κ3) is 10.3. The maximum atomic E-state index is 14.9. The topological polar surface area (TPSA) is 180 Å². The van der Waals surface area contributed by atoms with E-state index in [2.05, 4.69) is 31.2 Å². The van der Waals surface area contributed by atoms with E-state index in [0.29, 0.717) is 12.8 Å². The molecule has 13 nitrogen and oxygen atoms in total. The maximum absolute atomic E-state index is 14.9. The molecule has 7 atom stereocenters. The Morgan fingerprint density at radius 3 is 2.20 bits per heavy atom. The van der Waals surface area contributed by atoms with Crippen LogP contribution in [-0.4, -0.2) is 80.4 Å². The molecule has 1 saturated heterocycles. The molecular weight excluding hydrogens is 699 g/mol. The number of amides is 5. The van der Waals surface area contributed by atoms with E-state index in [1.54, 1.807) is 11.8 Å². The first-order valence-corrected chi connectivity index (χ1v) is 20.2. The number of fused-ring (bicyclic) bond motifs is 1. The molecule has 298 valence electrons. The summed E-state index contributed by atoms with van der Waals surface area (Å²) in [5.41, 5.74) is 0.179. The molecule has 2 aromatic rings. The minimum atomic E-state index is -1.06. The molecule has 55 heavy (non-hydrogen) atoms. The first-order chi connectivity index (χ1) is 26.3. The number of benzene rings is 1. The van der Waals surface area contributed by atoms with Gasteiger partial charge in [-0.15, -0.1) is 0 Å². The number of hydrogen-bond acceptors (Lipinski definition) is 8. The average Bonchev–Trinajstić information content (AvgIpc) is 3.58. The first kappa shape index (κ1) is 41.5. The van der Waals surface area contributed by atoms with Crippen molar-refractivity contribution in [2.24, 2.45) is 17.3 Å². The van der Waals surface area contributed by atoms with Gasteiger partial charge in [-0.2, -0.15) is 0 Å². The normalized spacial score (nSPS) is 22.3. The Bertz CT molecular complexity index is 1660. The molecule has 0 radical (unpaired) electrons. The molecule has 3 fully saturated rings. The van der Waals surface area contributed by atoms with Crippen LogP contribution < -0.4 is 21.3 Å². The van der Waals surface area contributed by atoms with E-state index in [9.17, 15) is 28.8 Å². The second-order valence-corrected chi connectivity index (χ2v) is 16.7. The van der Waals surface area contributed by atoms with Crippen LogP contribution in [0.25, 0.3) is 0 Å². The Hall–Kier alpha value is -4.68. The van der Waals surface area contributed by atoms with Crippen LogP contribution in [-0.2, 0) is 24.0 Å². The summed E-state index contributed by atoms with van der Waals surface area (Å²) in [5.74, 6) is -3.37. The van der Waals surface area contributed by atoms with Gasteiger partial charge in [-0.3, -0.25) is 33.8 Å². The van der Waals surface area contributed by atoms with Gasteiger partial charge >= 0.3 is 0 Å². The molecule has 13 heteroatoms. The summed E-state index contributed by atoms with van der Waals surface area (Å²) in [6.07, 6.45) is 13.4. The lowest BCUT2D eigenvalue weighted by Crippen LogP contribution is -2.63.